The Hall–Kier alpha value is -1.59. The van der Waals surface area contributed by atoms with Crippen molar-refractivity contribution in [1.82, 2.24) is 0 Å². The summed E-state index contributed by atoms with van der Waals surface area (Å²) in [4.78, 5) is 38.1. The average molecular weight is 920 g/mol. The van der Waals surface area contributed by atoms with Gasteiger partial charge in [0.15, 0.2) is 6.10 Å². The molecule has 0 saturated heterocycles. The first kappa shape index (κ1) is 63.4. The molecule has 0 aliphatic rings. The van der Waals surface area contributed by atoms with Gasteiger partial charge >= 0.3 is 17.9 Å². The predicted molar refractivity (Wildman–Crippen MR) is 279 cm³/mol. The van der Waals surface area contributed by atoms with E-state index in [0.717, 1.165) is 75.5 Å². The molecule has 2 unspecified atom stereocenters. The van der Waals surface area contributed by atoms with Gasteiger partial charge in [0.1, 0.15) is 13.2 Å². The molecule has 0 aromatic rings. The Morgan fingerprint density at radius 2 is 0.538 bits per heavy atom. The van der Waals surface area contributed by atoms with Crippen LogP contribution in [0.2, 0.25) is 0 Å². The third-order valence-corrected chi connectivity index (χ3v) is 14.1. The van der Waals surface area contributed by atoms with E-state index >= 15 is 0 Å². The molecule has 0 aliphatic carbocycles. The van der Waals surface area contributed by atoms with E-state index in [0.29, 0.717) is 19.3 Å². The number of unbranched alkanes of at least 4 members (excludes halogenated alkanes) is 33. The van der Waals surface area contributed by atoms with E-state index in [1.807, 2.05) is 0 Å². The summed E-state index contributed by atoms with van der Waals surface area (Å²) in [7, 11) is 0. The maximum atomic E-state index is 12.8. The number of esters is 3. The van der Waals surface area contributed by atoms with Crippen LogP contribution in [0.15, 0.2) is 0 Å². The lowest BCUT2D eigenvalue weighted by molar-refractivity contribution is -0.167. The summed E-state index contributed by atoms with van der Waals surface area (Å²) in [6.45, 7) is 13.8. The molecule has 0 bridgehead atoms. The van der Waals surface area contributed by atoms with E-state index < -0.39 is 6.10 Å². The van der Waals surface area contributed by atoms with Gasteiger partial charge in [-0.15, -0.1) is 0 Å². The van der Waals surface area contributed by atoms with Crippen LogP contribution in [0.25, 0.3) is 0 Å². The highest BCUT2D eigenvalue weighted by Crippen LogP contribution is 2.19. The molecule has 0 aliphatic heterocycles. The molecule has 386 valence electrons. The Balaban J connectivity index is 4.24. The highest BCUT2D eigenvalue weighted by atomic mass is 16.6. The smallest absolute Gasteiger partial charge is 0.306 e. The van der Waals surface area contributed by atoms with Gasteiger partial charge in [-0.3, -0.25) is 14.4 Å². The summed E-state index contributed by atoms with van der Waals surface area (Å²) in [5.41, 5.74) is 0. The van der Waals surface area contributed by atoms with Gasteiger partial charge < -0.3 is 14.2 Å². The van der Waals surface area contributed by atoms with Gasteiger partial charge in [0.25, 0.3) is 0 Å². The fourth-order valence-corrected chi connectivity index (χ4v) is 8.93. The number of hydrogen-bond acceptors (Lipinski definition) is 6. The third-order valence-electron chi connectivity index (χ3n) is 14.1. The topological polar surface area (TPSA) is 78.9 Å². The van der Waals surface area contributed by atoms with Gasteiger partial charge in [-0.1, -0.05) is 286 Å². The number of hydrogen-bond donors (Lipinski definition) is 0. The van der Waals surface area contributed by atoms with Gasteiger partial charge in [0.05, 0.1) is 0 Å². The zero-order valence-corrected chi connectivity index (χ0v) is 44.8. The average Bonchev–Trinajstić information content (AvgIpc) is 3.29. The lowest BCUT2D eigenvalue weighted by atomic mass is 9.99. The number of ether oxygens (including phenoxy) is 3. The SMILES string of the molecule is CCC(C)CCCCCCCCCCCCC(=O)OC[C@H](COC(=O)CCCCCCCCCCCCCCCCCCCCC(C)C)OC(=O)CCCCCCCCCCC(C)CC. The molecule has 3 atom stereocenters. The summed E-state index contributed by atoms with van der Waals surface area (Å²) in [5.74, 6) is 1.73. The largest absolute Gasteiger partial charge is 0.462 e. The molecule has 0 rings (SSSR count). The molecule has 0 saturated carbocycles. The van der Waals surface area contributed by atoms with E-state index in [2.05, 4.69) is 41.5 Å². The maximum Gasteiger partial charge on any atom is 0.306 e. The van der Waals surface area contributed by atoms with E-state index in [-0.39, 0.29) is 31.1 Å². The zero-order chi connectivity index (χ0) is 47.7. The van der Waals surface area contributed by atoms with Crippen LogP contribution in [0, 0.1) is 17.8 Å². The van der Waals surface area contributed by atoms with Crippen molar-refractivity contribution in [3.05, 3.63) is 0 Å². The molecule has 0 spiro atoms. The maximum absolute atomic E-state index is 12.8. The quantitative estimate of drug-likeness (QED) is 0.0344. The third kappa shape index (κ3) is 50.1. The predicted octanol–water partition coefficient (Wildman–Crippen LogP) is 19.1. The Bertz CT molecular complexity index is 1010. The Morgan fingerprint density at radius 1 is 0.308 bits per heavy atom. The molecule has 0 fully saturated rings. The number of rotatable bonds is 52. The zero-order valence-electron chi connectivity index (χ0n) is 44.8. The van der Waals surface area contributed by atoms with Crippen LogP contribution in [-0.2, 0) is 28.6 Å². The first-order chi connectivity index (χ1) is 31.7. The normalized spacial score (nSPS) is 13.0. The van der Waals surface area contributed by atoms with Gasteiger partial charge in [0.2, 0.25) is 0 Å². The van der Waals surface area contributed by atoms with Gasteiger partial charge in [0, 0.05) is 19.3 Å². The van der Waals surface area contributed by atoms with E-state index in [1.54, 1.807) is 0 Å². The van der Waals surface area contributed by atoms with Crippen molar-refractivity contribution in [3.63, 3.8) is 0 Å². The van der Waals surface area contributed by atoms with E-state index in [9.17, 15) is 14.4 Å². The minimum Gasteiger partial charge on any atom is -0.462 e. The van der Waals surface area contributed by atoms with Crippen LogP contribution in [0.5, 0.6) is 0 Å². The molecule has 0 heterocycles. The minimum absolute atomic E-state index is 0.0641. The van der Waals surface area contributed by atoms with Crippen LogP contribution in [0.1, 0.15) is 324 Å². The first-order valence-corrected chi connectivity index (χ1v) is 29.2. The summed E-state index contributed by atoms with van der Waals surface area (Å²) in [6.07, 6.45) is 52.3. The Labute approximate surface area is 406 Å². The molecular formula is C59H114O6. The van der Waals surface area contributed by atoms with E-state index in [1.165, 1.54) is 205 Å². The Morgan fingerprint density at radius 3 is 0.800 bits per heavy atom. The summed E-state index contributed by atoms with van der Waals surface area (Å²) in [5, 5.41) is 0. The first-order valence-electron chi connectivity index (χ1n) is 29.2. The summed E-state index contributed by atoms with van der Waals surface area (Å²) < 4.78 is 16.9. The molecule has 65 heavy (non-hydrogen) atoms. The van der Waals surface area contributed by atoms with Crippen molar-refractivity contribution in [2.24, 2.45) is 17.8 Å². The second-order valence-electron chi connectivity index (χ2n) is 21.2. The van der Waals surface area contributed by atoms with Gasteiger partial charge in [-0.25, -0.2) is 0 Å². The fourth-order valence-electron chi connectivity index (χ4n) is 8.93. The second kappa shape index (κ2) is 50.3. The lowest BCUT2D eigenvalue weighted by Crippen LogP contribution is -2.30. The van der Waals surface area contributed by atoms with Crippen LogP contribution in [0.4, 0.5) is 0 Å². The van der Waals surface area contributed by atoms with Crippen LogP contribution in [-0.4, -0.2) is 37.2 Å². The number of carbonyl (C=O) groups excluding carboxylic acids is 3. The molecule has 0 aromatic heterocycles. The van der Waals surface area contributed by atoms with Crippen molar-refractivity contribution < 1.29 is 28.6 Å². The minimum atomic E-state index is -0.764. The van der Waals surface area contributed by atoms with Crippen LogP contribution in [0.3, 0.4) is 0 Å². The Kier molecular flexibility index (Phi) is 49.1. The van der Waals surface area contributed by atoms with Crippen LogP contribution >= 0.6 is 0 Å². The summed E-state index contributed by atoms with van der Waals surface area (Å²) in [6, 6.07) is 0. The number of carbonyl (C=O) groups is 3. The molecule has 6 heteroatoms. The molecule has 0 N–H and O–H groups in total. The van der Waals surface area contributed by atoms with Crippen molar-refractivity contribution >= 4 is 17.9 Å². The van der Waals surface area contributed by atoms with Crippen LogP contribution < -0.4 is 0 Å². The summed E-state index contributed by atoms with van der Waals surface area (Å²) >= 11 is 0. The van der Waals surface area contributed by atoms with E-state index in [4.69, 9.17) is 14.2 Å². The van der Waals surface area contributed by atoms with Crippen molar-refractivity contribution in [1.29, 1.82) is 0 Å². The van der Waals surface area contributed by atoms with Gasteiger partial charge in [-0.2, -0.15) is 0 Å². The highest BCUT2D eigenvalue weighted by Gasteiger charge is 2.19. The molecule has 0 amide bonds. The fraction of sp³-hybridized carbons (Fsp3) is 0.949. The van der Waals surface area contributed by atoms with Crippen molar-refractivity contribution in [3.8, 4) is 0 Å². The standard InChI is InChI=1S/C59H114O6/c1-7-54(5)46-40-34-28-22-19-20-24-31-37-43-49-58(61)64-52-56(65-59(62)50-44-38-32-26-25-29-35-41-47-55(6)8-2)51-63-57(60)48-42-36-30-23-18-16-14-12-10-9-11-13-15-17-21-27-33-39-45-53(3)4/h53-56H,7-52H2,1-6H3/t54?,55?,56-/m0/s1. The molecule has 0 radical (unpaired) electrons. The molecule has 6 nitrogen and oxygen atoms in total. The second-order valence-corrected chi connectivity index (χ2v) is 21.2. The van der Waals surface area contributed by atoms with Crippen molar-refractivity contribution in [2.45, 2.75) is 330 Å². The lowest BCUT2D eigenvalue weighted by Gasteiger charge is -2.18. The van der Waals surface area contributed by atoms with Crippen molar-refractivity contribution in [2.75, 3.05) is 13.2 Å². The monoisotopic (exact) mass is 919 g/mol. The molecular weight excluding hydrogens is 805 g/mol. The highest BCUT2D eigenvalue weighted by molar-refractivity contribution is 5.71. The van der Waals surface area contributed by atoms with Gasteiger partial charge in [-0.05, 0) is 37.0 Å². The molecule has 0 aromatic carbocycles.